The first kappa shape index (κ1) is 19.7. The number of carbonyl (C=O) groups is 2. The summed E-state index contributed by atoms with van der Waals surface area (Å²) < 4.78 is 0. The monoisotopic (exact) mass is 353 g/mol. The number of carbonyl (C=O) groups excluding carboxylic acids is 2. The van der Waals surface area contributed by atoms with E-state index in [1.165, 1.54) is 0 Å². The molecule has 0 aliphatic carbocycles. The van der Waals surface area contributed by atoms with E-state index in [4.69, 9.17) is 0 Å². The molecule has 0 radical (unpaired) electrons. The van der Waals surface area contributed by atoms with Crippen molar-refractivity contribution in [2.75, 3.05) is 30.8 Å². The maximum Gasteiger partial charge on any atom is 0.238 e. The second kappa shape index (κ2) is 8.63. The van der Waals surface area contributed by atoms with E-state index in [9.17, 15) is 9.59 Å². The van der Waals surface area contributed by atoms with E-state index in [1.807, 2.05) is 64.1 Å². The number of anilines is 2. The maximum atomic E-state index is 12.2. The molecule has 0 aliphatic rings. The van der Waals surface area contributed by atoms with E-state index >= 15 is 0 Å². The molecule has 2 aromatic carbocycles. The number of benzene rings is 2. The van der Waals surface area contributed by atoms with E-state index in [2.05, 4.69) is 10.6 Å². The van der Waals surface area contributed by atoms with Crippen LogP contribution in [0.15, 0.2) is 36.4 Å². The summed E-state index contributed by atoms with van der Waals surface area (Å²) in [7, 11) is 1.76. The lowest BCUT2D eigenvalue weighted by Crippen LogP contribution is -2.36. The summed E-state index contributed by atoms with van der Waals surface area (Å²) in [6.07, 6.45) is 0. The predicted molar refractivity (Wildman–Crippen MR) is 107 cm³/mol. The minimum Gasteiger partial charge on any atom is -0.325 e. The Morgan fingerprint density at radius 3 is 2.12 bits per heavy atom. The Kier molecular flexibility index (Phi) is 6.52. The minimum absolute atomic E-state index is 0.138. The molecule has 0 aliphatic heterocycles. The van der Waals surface area contributed by atoms with Crippen molar-refractivity contribution in [3.63, 3.8) is 0 Å². The highest BCUT2D eigenvalue weighted by atomic mass is 16.2. The Balaban J connectivity index is 1.88. The first-order valence-electron chi connectivity index (χ1n) is 8.68. The van der Waals surface area contributed by atoms with Crippen molar-refractivity contribution in [1.29, 1.82) is 0 Å². The van der Waals surface area contributed by atoms with Crippen LogP contribution in [0.5, 0.6) is 0 Å². The highest BCUT2D eigenvalue weighted by Crippen LogP contribution is 2.18. The van der Waals surface area contributed by atoms with E-state index in [0.717, 1.165) is 33.6 Å². The summed E-state index contributed by atoms with van der Waals surface area (Å²) in [5, 5.41) is 5.82. The van der Waals surface area contributed by atoms with Crippen LogP contribution in [0, 0.1) is 27.7 Å². The van der Waals surface area contributed by atoms with Gasteiger partial charge in [-0.1, -0.05) is 24.3 Å². The zero-order valence-corrected chi connectivity index (χ0v) is 16.1. The summed E-state index contributed by atoms with van der Waals surface area (Å²) in [5.41, 5.74) is 5.90. The molecule has 2 amide bonds. The van der Waals surface area contributed by atoms with E-state index in [0.29, 0.717) is 0 Å². The van der Waals surface area contributed by atoms with Crippen molar-refractivity contribution in [3.8, 4) is 0 Å². The molecule has 2 rings (SSSR count). The third kappa shape index (κ3) is 5.43. The van der Waals surface area contributed by atoms with Gasteiger partial charge in [0.15, 0.2) is 0 Å². The fraction of sp³-hybridized carbons (Fsp3) is 0.333. The van der Waals surface area contributed by atoms with E-state index < -0.39 is 0 Å². The van der Waals surface area contributed by atoms with Crippen molar-refractivity contribution >= 4 is 23.2 Å². The third-order valence-corrected chi connectivity index (χ3v) is 4.37. The number of aryl methyl sites for hydroxylation is 3. The molecule has 2 aromatic rings. The highest BCUT2D eigenvalue weighted by Gasteiger charge is 2.13. The van der Waals surface area contributed by atoms with Gasteiger partial charge in [0.25, 0.3) is 0 Å². The molecule has 0 aromatic heterocycles. The lowest BCUT2D eigenvalue weighted by atomic mass is 10.1. The van der Waals surface area contributed by atoms with Crippen molar-refractivity contribution in [2.45, 2.75) is 27.7 Å². The summed E-state index contributed by atoms with van der Waals surface area (Å²) >= 11 is 0. The van der Waals surface area contributed by atoms with Crippen LogP contribution in [0.25, 0.3) is 0 Å². The summed E-state index contributed by atoms with van der Waals surface area (Å²) in [6.45, 7) is 8.22. The number of hydrogen-bond donors (Lipinski definition) is 2. The van der Waals surface area contributed by atoms with Crippen LogP contribution in [-0.2, 0) is 9.59 Å². The van der Waals surface area contributed by atoms with Crippen LogP contribution in [0.2, 0.25) is 0 Å². The van der Waals surface area contributed by atoms with Crippen molar-refractivity contribution in [1.82, 2.24) is 4.90 Å². The standard InChI is InChI=1S/C21H27N3O2/c1-14-9-10-16(3)19(11-14)23-21(26)13-24(5)12-20(25)22-18-8-6-7-15(2)17(18)4/h6-11H,12-13H2,1-5H3,(H,22,25)(H,23,26). The van der Waals surface area contributed by atoms with Gasteiger partial charge in [0.05, 0.1) is 13.1 Å². The molecule has 0 atom stereocenters. The molecule has 0 spiro atoms. The fourth-order valence-corrected chi connectivity index (χ4v) is 2.68. The molecule has 26 heavy (non-hydrogen) atoms. The van der Waals surface area contributed by atoms with Gasteiger partial charge in [-0.25, -0.2) is 0 Å². The molecule has 138 valence electrons. The molecule has 5 nitrogen and oxygen atoms in total. The minimum atomic E-state index is -0.138. The molecular weight excluding hydrogens is 326 g/mol. The molecule has 0 heterocycles. The average Bonchev–Trinajstić information content (AvgIpc) is 2.55. The average molecular weight is 353 g/mol. The van der Waals surface area contributed by atoms with Crippen molar-refractivity contribution in [3.05, 3.63) is 58.7 Å². The van der Waals surface area contributed by atoms with Gasteiger partial charge in [0.2, 0.25) is 11.8 Å². The van der Waals surface area contributed by atoms with Gasteiger partial charge in [0.1, 0.15) is 0 Å². The third-order valence-electron chi connectivity index (χ3n) is 4.37. The lowest BCUT2D eigenvalue weighted by molar-refractivity contribution is -0.119. The Morgan fingerprint density at radius 1 is 0.846 bits per heavy atom. The van der Waals surface area contributed by atoms with Crippen LogP contribution in [-0.4, -0.2) is 36.9 Å². The number of likely N-dealkylation sites (N-methyl/N-ethyl adjacent to an activating group) is 1. The number of rotatable bonds is 6. The second-order valence-electron chi connectivity index (χ2n) is 6.83. The summed E-state index contributed by atoms with van der Waals surface area (Å²) in [4.78, 5) is 26.2. The topological polar surface area (TPSA) is 61.4 Å². The Morgan fingerprint density at radius 2 is 1.46 bits per heavy atom. The number of amides is 2. The summed E-state index contributed by atoms with van der Waals surface area (Å²) in [5.74, 6) is -0.276. The Hall–Kier alpha value is -2.66. The lowest BCUT2D eigenvalue weighted by Gasteiger charge is -2.17. The van der Waals surface area contributed by atoms with Crippen LogP contribution in [0.4, 0.5) is 11.4 Å². The number of hydrogen-bond acceptors (Lipinski definition) is 3. The maximum absolute atomic E-state index is 12.2. The molecular formula is C21H27N3O2. The van der Waals surface area contributed by atoms with E-state index in [1.54, 1.807) is 11.9 Å². The zero-order chi connectivity index (χ0) is 19.3. The number of nitrogens with one attached hydrogen (secondary N) is 2. The van der Waals surface area contributed by atoms with Gasteiger partial charge < -0.3 is 10.6 Å². The predicted octanol–water partition coefficient (Wildman–Crippen LogP) is 3.43. The highest BCUT2D eigenvalue weighted by molar-refractivity contribution is 5.95. The second-order valence-corrected chi connectivity index (χ2v) is 6.83. The molecule has 0 saturated carbocycles. The smallest absolute Gasteiger partial charge is 0.238 e. The molecule has 0 fully saturated rings. The molecule has 0 unspecified atom stereocenters. The van der Waals surface area contributed by atoms with Gasteiger partial charge in [-0.3, -0.25) is 14.5 Å². The van der Waals surface area contributed by atoms with Crippen LogP contribution < -0.4 is 10.6 Å². The summed E-state index contributed by atoms with van der Waals surface area (Å²) in [6, 6.07) is 11.7. The largest absolute Gasteiger partial charge is 0.325 e. The Labute approximate surface area is 155 Å². The van der Waals surface area contributed by atoms with Crippen molar-refractivity contribution < 1.29 is 9.59 Å². The first-order valence-corrected chi connectivity index (χ1v) is 8.68. The SMILES string of the molecule is Cc1ccc(C)c(NC(=O)CN(C)CC(=O)Nc2cccc(C)c2C)c1. The Bertz CT molecular complexity index is 797. The molecule has 0 bridgehead atoms. The fourth-order valence-electron chi connectivity index (χ4n) is 2.68. The van der Waals surface area contributed by atoms with Gasteiger partial charge in [-0.15, -0.1) is 0 Å². The van der Waals surface area contributed by atoms with Gasteiger partial charge in [-0.05, 0) is 69.1 Å². The zero-order valence-electron chi connectivity index (χ0n) is 16.1. The molecule has 0 saturated heterocycles. The van der Waals surface area contributed by atoms with Crippen molar-refractivity contribution in [2.24, 2.45) is 0 Å². The van der Waals surface area contributed by atoms with Crippen LogP contribution in [0.3, 0.4) is 0 Å². The van der Waals surface area contributed by atoms with Gasteiger partial charge >= 0.3 is 0 Å². The normalized spacial score (nSPS) is 10.7. The van der Waals surface area contributed by atoms with Gasteiger partial charge in [0, 0.05) is 11.4 Å². The van der Waals surface area contributed by atoms with Gasteiger partial charge in [-0.2, -0.15) is 0 Å². The molecule has 5 heteroatoms. The number of nitrogens with zero attached hydrogens (tertiary/aromatic N) is 1. The first-order chi connectivity index (χ1) is 12.3. The molecule has 2 N–H and O–H groups in total. The van der Waals surface area contributed by atoms with Crippen LogP contribution >= 0.6 is 0 Å². The quantitative estimate of drug-likeness (QED) is 0.836. The van der Waals surface area contributed by atoms with E-state index in [-0.39, 0.29) is 24.9 Å². The van der Waals surface area contributed by atoms with Crippen LogP contribution in [0.1, 0.15) is 22.3 Å².